The molecule has 1 unspecified atom stereocenters. The lowest BCUT2D eigenvalue weighted by atomic mass is 9.95. The number of hydrogen-bond donors (Lipinski definition) is 2. The number of amides is 3. The van der Waals surface area contributed by atoms with E-state index in [0.29, 0.717) is 91.4 Å². The fraction of sp³-hybridized carbons (Fsp3) is 0.417. The van der Waals surface area contributed by atoms with Gasteiger partial charge in [0.2, 0.25) is 5.91 Å². The van der Waals surface area contributed by atoms with Gasteiger partial charge in [-0.05, 0) is 73.1 Å². The van der Waals surface area contributed by atoms with Crippen molar-refractivity contribution < 1.29 is 23.9 Å². The van der Waals surface area contributed by atoms with E-state index in [1.807, 2.05) is 35.2 Å². The maximum atomic E-state index is 15.0. The molecule has 1 atom stereocenters. The third kappa shape index (κ3) is 9.62. The number of benzene rings is 3. The first-order valence-corrected chi connectivity index (χ1v) is 21.9. The first-order valence-electron chi connectivity index (χ1n) is 21.9. The van der Waals surface area contributed by atoms with Gasteiger partial charge < -0.3 is 24.7 Å². The minimum absolute atomic E-state index is 0.0214. The molecule has 324 valence electrons. The Morgan fingerprint density at radius 3 is 2.19 bits per heavy atom. The smallest absolute Gasteiger partial charge is 0.272 e. The molecule has 3 fully saturated rings. The highest BCUT2D eigenvalue weighted by Gasteiger charge is 2.31. The van der Waals surface area contributed by atoms with Crippen molar-refractivity contribution in [3.8, 4) is 11.1 Å². The van der Waals surface area contributed by atoms with Crippen LogP contribution in [0.3, 0.4) is 0 Å². The molecule has 13 nitrogen and oxygen atoms in total. The summed E-state index contributed by atoms with van der Waals surface area (Å²) in [5.74, 6) is -0.651. The van der Waals surface area contributed by atoms with Crippen LogP contribution in [0.1, 0.15) is 76.0 Å². The van der Waals surface area contributed by atoms with Crippen molar-refractivity contribution in [2.24, 2.45) is 5.92 Å². The molecule has 0 saturated carbocycles. The van der Waals surface area contributed by atoms with E-state index in [0.717, 1.165) is 63.1 Å². The predicted octanol–water partition coefficient (Wildman–Crippen LogP) is 4.79. The van der Waals surface area contributed by atoms with Gasteiger partial charge in [-0.3, -0.25) is 29.1 Å². The van der Waals surface area contributed by atoms with Crippen molar-refractivity contribution in [3.63, 3.8) is 0 Å². The van der Waals surface area contributed by atoms with Crippen molar-refractivity contribution in [2.45, 2.75) is 45.6 Å². The van der Waals surface area contributed by atoms with Crippen LogP contribution in [0.5, 0.6) is 0 Å². The second-order valence-electron chi connectivity index (χ2n) is 16.9. The number of hydrogen-bond acceptors (Lipinski definition) is 9. The average Bonchev–Trinajstić information content (AvgIpc) is 3.31. The van der Waals surface area contributed by atoms with Crippen LogP contribution < -0.4 is 5.56 Å². The van der Waals surface area contributed by atoms with E-state index in [1.54, 1.807) is 47.2 Å². The molecule has 3 saturated heterocycles. The molecule has 0 spiro atoms. The standard InChI is InChI=1S/C48H55FN8O5/c1-3-33-7-6-8-36(25-33)37-28-40(32(2)58)45(50-29-37)48(62)56-15-13-34(14-16-56)30-53-17-19-54(20-18-53)31-44(59)55-21-23-57(24-22-55)47(61)41-26-35(11-12-42(41)49)27-43-38-9-4-5-10-39(38)46(60)52-51-43/h4-12,25-26,28-29,32,34,58H,3,13-24,27,30-31H2,1-2H3,(H,52,60). The highest BCUT2D eigenvalue weighted by Crippen LogP contribution is 2.28. The molecule has 2 aromatic heterocycles. The number of aromatic amines is 1. The van der Waals surface area contributed by atoms with Gasteiger partial charge >= 0.3 is 0 Å². The maximum absolute atomic E-state index is 15.0. The van der Waals surface area contributed by atoms with E-state index in [-0.39, 0.29) is 22.9 Å². The highest BCUT2D eigenvalue weighted by atomic mass is 19.1. The number of aromatic nitrogens is 3. The van der Waals surface area contributed by atoms with E-state index < -0.39 is 17.8 Å². The molecule has 3 aliphatic heterocycles. The fourth-order valence-electron chi connectivity index (χ4n) is 9.04. The van der Waals surface area contributed by atoms with Crippen LogP contribution in [0.25, 0.3) is 21.9 Å². The van der Waals surface area contributed by atoms with Crippen molar-refractivity contribution in [1.29, 1.82) is 0 Å². The number of piperazine rings is 2. The van der Waals surface area contributed by atoms with Crippen LogP contribution in [0, 0.1) is 11.7 Å². The SMILES string of the molecule is CCc1cccc(-c2cnc(C(=O)N3CCC(CN4CCN(CC(=O)N5CCN(C(=O)c6cc(Cc7n[nH]c(=O)c8ccccc78)ccc6F)CC5)CC4)CC3)c(C(C)O)c2)c1. The predicted molar refractivity (Wildman–Crippen MR) is 235 cm³/mol. The zero-order valence-corrected chi connectivity index (χ0v) is 35.6. The summed E-state index contributed by atoms with van der Waals surface area (Å²) in [5, 5.41) is 18.6. The van der Waals surface area contributed by atoms with Gasteiger partial charge in [-0.25, -0.2) is 9.49 Å². The summed E-state index contributed by atoms with van der Waals surface area (Å²) in [6.07, 6.45) is 3.94. The lowest BCUT2D eigenvalue weighted by Gasteiger charge is -2.40. The van der Waals surface area contributed by atoms with E-state index in [1.165, 1.54) is 11.6 Å². The molecule has 5 aromatic rings. The van der Waals surface area contributed by atoms with Gasteiger partial charge in [-0.15, -0.1) is 0 Å². The molecule has 62 heavy (non-hydrogen) atoms. The number of fused-ring (bicyclic) bond motifs is 1. The summed E-state index contributed by atoms with van der Waals surface area (Å²) in [6, 6.07) is 21.8. The van der Waals surface area contributed by atoms with Gasteiger partial charge in [0.1, 0.15) is 11.5 Å². The summed E-state index contributed by atoms with van der Waals surface area (Å²) in [5.41, 5.74) is 5.01. The zero-order chi connectivity index (χ0) is 43.3. The molecule has 3 amide bonds. The zero-order valence-electron chi connectivity index (χ0n) is 35.6. The van der Waals surface area contributed by atoms with Gasteiger partial charge in [-0.2, -0.15) is 5.10 Å². The Labute approximate surface area is 361 Å². The van der Waals surface area contributed by atoms with E-state index in [2.05, 4.69) is 44.0 Å². The molecule has 0 radical (unpaired) electrons. The molecule has 0 aliphatic carbocycles. The van der Waals surface area contributed by atoms with Gasteiger partial charge in [-0.1, -0.05) is 55.5 Å². The Morgan fingerprint density at radius 2 is 1.47 bits per heavy atom. The lowest BCUT2D eigenvalue weighted by molar-refractivity contribution is -0.134. The summed E-state index contributed by atoms with van der Waals surface area (Å²) in [4.78, 5) is 67.4. The van der Waals surface area contributed by atoms with Gasteiger partial charge in [0.15, 0.2) is 0 Å². The molecule has 14 heteroatoms. The second kappa shape index (κ2) is 19.1. The van der Waals surface area contributed by atoms with Crippen molar-refractivity contribution in [2.75, 3.05) is 78.5 Å². The molecule has 2 N–H and O–H groups in total. The van der Waals surface area contributed by atoms with Crippen LogP contribution in [-0.2, 0) is 17.6 Å². The number of aliphatic hydroxyl groups excluding tert-OH is 1. The highest BCUT2D eigenvalue weighted by molar-refractivity contribution is 5.95. The third-order valence-corrected chi connectivity index (χ3v) is 12.8. The van der Waals surface area contributed by atoms with E-state index in [4.69, 9.17) is 0 Å². The van der Waals surface area contributed by atoms with Crippen LogP contribution in [0.4, 0.5) is 4.39 Å². The lowest BCUT2D eigenvalue weighted by Crippen LogP contribution is -2.55. The van der Waals surface area contributed by atoms with Crippen LogP contribution in [-0.4, -0.2) is 141 Å². The summed E-state index contributed by atoms with van der Waals surface area (Å²) < 4.78 is 15.0. The summed E-state index contributed by atoms with van der Waals surface area (Å²) >= 11 is 0. The maximum Gasteiger partial charge on any atom is 0.272 e. The van der Waals surface area contributed by atoms with Crippen LogP contribution >= 0.6 is 0 Å². The average molecular weight is 843 g/mol. The molecule has 5 heterocycles. The first kappa shape index (κ1) is 42.8. The number of likely N-dealkylation sites (tertiary alicyclic amines) is 1. The number of nitrogens with one attached hydrogen (secondary N) is 1. The molecular weight excluding hydrogens is 788 g/mol. The van der Waals surface area contributed by atoms with Crippen LogP contribution in [0.2, 0.25) is 0 Å². The molecule has 3 aliphatic rings. The van der Waals surface area contributed by atoms with E-state index >= 15 is 4.39 Å². The summed E-state index contributed by atoms with van der Waals surface area (Å²) in [7, 11) is 0. The van der Waals surface area contributed by atoms with Gasteiger partial charge in [0, 0.05) is 101 Å². The Balaban J connectivity index is 0.768. The second-order valence-corrected chi connectivity index (χ2v) is 16.9. The number of halogens is 1. The Bertz CT molecular complexity index is 2490. The largest absolute Gasteiger partial charge is 0.389 e. The van der Waals surface area contributed by atoms with Crippen LogP contribution in [0.15, 0.2) is 83.8 Å². The monoisotopic (exact) mass is 842 g/mol. The number of aryl methyl sites for hydroxylation is 1. The topological polar surface area (TPSA) is 146 Å². The Morgan fingerprint density at radius 1 is 0.774 bits per heavy atom. The number of aliphatic hydroxyl groups is 1. The molecule has 3 aromatic carbocycles. The fourth-order valence-corrected chi connectivity index (χ4v) is 9.04. The number of rotatable bonds is 11. The minimum Gasteiger partial charge on any atom is -0.389 e. The molecular formula is C48H55FN8O5. The normalized spacial score (nSPS) is 17.4. The molecule has 0 bridgehead atoms. The quantitative estimate of drug-likeness (QED) is 0.192. The van der Waals surface area contributed by atoms with Crippen molar-refractivity contribution in [3.05, 3.63) is 129 Å². The number of pyridine rings is 1. The van der Waals surface area contributed by atoms with Gasteiger partial charge in [0.05, 0.1) is 29.3 Å². The van der Waals surface area contributed by atoms with Crippen molar-refractivity contribution >= 4 is 28.5 Å². The number of carbonyl (C=O) groups is 3. The van der Waals surface area contributed by atoms with Crippen molar-refractivity contribution in [1.82, 2.24) is 39.7 Å². The minimum atomic E-state index is -0.826. The van der Waals surface area contributed by atoms with E-state index in [9.17, 15) is 24.3 Å². The first-order chi connectivity index (χ1) is 30.0. The molecule has 8 rings (SSSR count). The summed E-state index contributed by atoms with van der Waals surface area (Å²) in [6.45, 7) is 11.1. The number of carbonyl (C=O) groups excluding carboxylic acids is 3. The Hall–Kier alpha value is -5.83. The third-order valence-electron chi connectivity index (χ3n) is 12.8. The Kier molecular flexibility index (Phi) is 13.2. The van der Waals surface area contributed by atoms with Gasteiger partial charge in [0.25, 0.3) is 17.4 Å². The number of H-pyrrole nitrogens is 1. The number of nitrogens with zero attached hydrogens (tertiary/aromatic N) is 7. The number of piperidine rings is 1.